The van der Waals surface area contributed by atoms with Gasteiger partial charge in [-0.15, -0.1) is 0 Å². The summed E-state index contributed by atoms with van der Waals surface area (Å²) < 4.78 is 5.51. The fourth-order valence-electron chi connectivity index (χ4n) is 4.25. The van der Waals surface area contributed by atoms with Gasteiger partial charge in [0.2, 0.25) is 0 Å². The second-order valence-electron chi connectivity index (χ2n) is 9.68. The van der Waals surface area contributed by atoms with Gasteiger partial charge in [0.05, 0.1) is 42.0 Å². The summed E-state index contributed by atoms with van der Waals surface area (Å²) in [6.07, 6.45) is 1.23. The summed E-state index contributed by atoms with van der Waals surface area (Å²) in [5.41, 5.74) is 1.55. The summed E-state index contributed by atoms with van der Waals surface area (Å²) in [6.45, 7) is 7.42. The monoisotopic (exact) mass is 442 g/mol. The summed E-state index contributed by atoms with van der Waals surface area (Å²) >= 11 is 0. The van der Waals surface area contributed by atoms with Gasteiger partial charge in [0, 0.05) is 13.6 Å². The molecule has 1 aliphatic carbocycles. The maximum Gasteiger partial charge on any atom is 0.410 e. The highest BCUT2D eigenvalue weighted by molar-refractivity contribution is 5.96. The van der Waals surface area contributed by atoms with Crippen molar-refractivity contribution in [1.82, 2.24) is 20.2 Å². The molecule has 0 bridgehead atoms. The second-order valence-corrected chi connectivity index (χ2v) is 9.68. The first-order valence-corrected chi connectivity index (χ1v) is 10.8. The molecule has 0 unspecified atom stereocenters. The molecule has 2 aliphatic heterocycles. The van der Waals surface area contributed by atoms with E-state index in [1.165, 1.54) is 0 Å². The van der Waals surface area contributed by atoms with Crippen molar-refractivity contribution < 1.29 is 24.2 Å². The summed E-state index contributed by atoms with van der Waals surface area (Å²) in [6, 6.07) is 6.67. The van der Waals surface area contributed by atoms with E-state index >= 15 is 0 Å². The Morgan fingerprint density at radius 3 is 2.28 bits per heavy atom. The van der Waals surface area contributed by atoms with Gasteiger partial charge in [0.15, 0.2) is 0 Å². The van der Waals surface area contributed by atoms with Gasteiger partial charge in [-0.3, -0.25) is 4.79 Å². The molecule has 3 aliphatic rings. The Morgan fingerprint density at radius 1 is 1.06 bits per heavy atom. The quantitative estimate of drug-likeness (QED) is 0.737. The fraction of sp³-hybridized carbons (Fsp3) is 0.522. The number of benzene rings is 1. The number of amides is 2. The standard InChI is InChI=1S/C23H30N4O5/c1-22(2,3)32-21(31)26-11-12-27-18(14-26)17(13-25(27)4)19(28)24-23(9-10-23)16-7-5-15(6-8-16)20(29)30/h5-8H,9-14H2,1-4H3,(H,24,28)(H,29,30). The minimum absolute atomic E-state index is 0.153. The number of carboxylic acid groups (broad SMARTS) is 1. The minimum Gasteiger partial charge on any atom is -0.478 e. The molecule has 1 aromatic rings. The molecule has 32 heavy (non-hydrogen) atoms. The molecular weight excluding hydrogens is 412 g/mol. The molecule has 2 N–H and O–H groups in total. The molecule has 9 heteroatoms. The van der Waals surface area contributed by atoms with Gasteiger partial charge in [-0.2, -0.15) is 0 Å². The molecule has 1 aromatic carbocycles. The molecular formula is C23H30N4O5. The zero-order valence-electron chi connectivity index (χ0n) is 19.0. The Balaban J connectivity index is 1.51. The predicted octanol–water partition coefficient (Wildman–Crippen LogP) is 2.16. The van der Waals surface area contributed by atoms with E-state index < -0.39 is 17.1 Å². The molecule has 2 heterocycles. The minimum atomic E-state index is -0.974. The van der Waals surface area contributed by atoms with E-state index in [9.17, 15) is 14.4 Å². The van der Waals surface area contributed by atoms with Gasteiger partial charge in [-0.1, -0.05) is 12.1 Å². The molecule has 0 radical (unpaired) electrons. The van der Waals surface area contributed by atoms with Crippen LogP contribution in [0.25, 0.3) is 0 Å². The largest absolute Gasteiger partial charge is 0.478 e. The summed E-state index contributed by atoms with van der Waals surface area (Å²) in [5, 5.41) is 16.3. The first-order valence-electron chi connectivity index (χ1n) is 10.8. The van der Waals surface area contributed by atoms with Crippen LogP contribution in [0.3, 0.4) is 0 Å². The number of carboxylic acids is 1. The van der Waals surface area contributed by atoms with E-state index in [2.05, 4.69) is 10.3 Å². The number of carbonyl (C=O) groups excluding carboxylic acids is 2. The normalized spacial score (nSPS) is 20.1. The molecule has 0 aromatic heterocycles. The number of rotatable bonds is 4. The van der Waals surface area contributed by atoms with E-state index in [0.29, 0.717) is 31.8 Å². The number of carbonyl (C=O) groups is 3. The van der Waals surface area contributed by atoms with Crippen molar-refractivity contribution in [1.29, 1.82) is 0 Å². The lowest BCUT2D eigenvalue weighted by molar-refractivity contribution is -0.118. The van der Waals surface area contributed by atoms with Crippen molar-refractivity contribution in [2.75, 3.05) is 33.2 Å². The van der Waals surface area contributed by atoms with Crippen molar-refractivity contribution in [2.24, 2.45) is 0 Å². The van der Waals surface area contributed by atoms with Crippen LogP contribution >= 0.6 is 0 Å². The van der Waals surface area contributed by atoms with E-state index in [0.717, 1.165) is 24.1 Å². The summed E-state index contributed by atoms with van der Waals surface area (Å²) in [4.78, 5) is 38.6. The third-order valence-electron chi connectivity index (χ3n) is 6.09. The van der Waals surface area contributed by atoms with Gasteiger partial charge < -0.3 is 25.1 Å². The average Bonchev–Trinajstić information content (AvgIpc) is 3.43. The van der Waals surface area contributed by atoms with Crippen LogP contribution in [0.5, 0.6) is 0 Å². The Bertz CT molecular complexity index is 975. The van der Waals surface area contributed by atoms with E-state index in [4.69, 9.17) is 9.84 Å². The van der Waals surface area contributed by atoms with E-state index in [1.54, 1.807) is 29.2 Å². The molecule has 0 atom stereocenters. The first-order chi connectivity index (χ1) is 15.0. The van der Waals surface area contributed by atoms with E-state index in [-0.39, 0.29) is 17.6 Å². The Kier molecular flexibility index (Phi) is 5.40. The molecule has 4 rings (SSSR count). The number of hydrazine groups is 1. The third-order valence-corrected chi connectivity index (χ3v) is 6.09. The van der Waals surface area contributed by atoms with Gasteiger partial charge in [-0.05, 0) is 51.3 Å². The molecule has 2 amide bonds. The Morgan fingerprint density at radius 2 is 1.72 bits per heavy atom. The Hall–Kier alpha value is -3.07. The number of hydrogen-bond donors (Lipinski definition) is 2. The zero-order chi connectivity index (χ0) is 23.3. The number of likely N-dealkylation sites (N-methyl/N-ethyl adjacent to an activating group) is 1. The lowest BCUT2D eigenvalue weighted by Crippen LogP contribution is -2.50. The van der Waals surface area contributed by atoms with Crippen LogP contribution in [0.1, 0.15) is 49.5 Å². The third kappa shape index (κ3) is 4.29. The van der Waals surface area contributed by atoms with Gasteiger partial charge in [0.1, 0.15) is 5.60 Å². The van der Waals surface area contributed by atoms with Crippen molar-refractivity contribution in [3.63, 3.8) is 0 Å². The first kappa shape index (κ1) is 22.1. The molecule has 172 valence electrons. The smallest absolute Gasteiger partial charge is 0.410 e. The second kappa shape index (κ2) is 7.81. The SMILES string of the molecule is CN1CC(C(=O)NC2(c3ccc(C(=O)O)cc3)CC2)=C2CN(C(=O)OC(C)(C)C)CCN21. The van der Waals surface area contributed by atoms with Crippen molar-refractivity contribution in [3.8, 4) is 0 Å². The highest BCUT2D eigenvalue weighted by Crippen LogP contribution is 2.46. The highest BCUT2D eigenvalue weighted by atomic mass is 16.6. The molecule has 0 spiro atoms. The topological polar surface area (TPSA) is 102 Å². The number of nitrogens with zero attached hydrogens (tertiary/aromatic N) is 3. The number of fused-ring (bicyclic) bond motifs is 1. The lowest BCUT2D eigenvalue weighted by atomic mass is 10.0. The lowest BCUT2D eigenvalue weighted by Gasteiger charge is -2.38. The number of aromatic carboxylic acids is 1. The van der Waals surface area contributed by atoms with Crippen LogP contribution in [0.15, 0.2) is 35.5 Å². The van der Waals surface area contributed by atoms with Crippen LogP contribution < -0.4 is 5.32 Å². The molecule has 1 saturated heterocycles. The van der Waals surface area contributed by atoms with Crippen LogP contribution in [0.2, 0.25) is 0 Å². The van der Waals surface area contributed by atoms with Crippen LogP contribution in [0, 0.1) is 0 Å². The Labute approximate surface area is 187 Å². The van der Waals surface area contributed by atoms with Gasteiger partial charge in [0.25, 0.3) is 5.91 Å². The molecule has 9 nitrogen and oxygen atoms in total. The summed E-state index contributed by atoms with van der Waals surface area (Å²) in [7, 11) is 1.93. The van der Waals surface area contributed by atoms with Crippen molar-refractivity contribution in [2.45, 2.75) is 44.8 Å². The summed E-state index contributed by atoms with van der Waals surface area (Å²) in [5.74, 6) is -1.13. The maximum atomic E-state index is 13.3. The molecule has 1 saturated carbocycles. The number of hydrogen-bond acceptors (Lipinski definition) is 6. The maximum absolute atomic E-state index is 13.3. The van der Waals surface area contributed by atoms with Crippen LogP contribution in [-0.2, 0) is 15.1 Å². The average molecular weight is 443 g/mol. The highest BCUT2D eigenvalue weighted by Gasteiger charge is 2.47. The van der Waals surface area contributed by atoms with Gasteiger partial charge >= 0.3 is 12.1 Å². The zero-order valence-corrected chi connectivity index (χ0v) is 19.0. The molecule has 2 fully saturated rings. The van der Waals surface area contributed by atoms with Gasteiger partial charge in [-0.25, -0.2) is 14.6 Å². The van der Waals surface area contributed by atoms with Crippen molar-refractivity contribution >= 4 is 18.0 Å². The van der Waals surface area contributed by atoms with Crippen molar-refractivity contribution in [3.05, 3.63) is 46.7 Å². The fourth-order valence-corrected chi connectivity index (χ4v) is 4.25. The van der Waals surface area contributed by atoms with Crippen LogP contribution in [-0.4, -0.2) is 76.8 Å². The number of piperazine rings is 1. The van der Waals surface area contributed by atoms with E-state index in [1.807, 2.05) is 32.8 Å². The number of nitrogens with one attached hydrogen (secondary N) is 1. The predicted molar refractivity (Wildman–Crippen MR) is 117 cm³/mol. The number of ether oxygens (including phenoxy) is 1. The van der Waals surface area contributed by atoms with Crippen LogP contribution in [0.4, 0.5) is 4.79 Å².